The Labute approximate surface area is 115 Å². The average molecular weight is 304 g/mol. The summed E-state index contributed by atoms with van der Waals surface area (Å²) in [4.78, 5) is 0. The molecule has 0 aliphatic heterocycles. The minimum absolute atomic E-state index is 0.631. The predicted molar refractivity (Wildman–Crippen MR) is 74.8 cm³/mol. The van der Waals surface area contributed by atoms with Gasteiger partial charge in [-0.15, -0.1) is 0 Å². The summed E-state index contributed by atoms with van der Waals surface area (Å²) in [5, 5.41) is 13.7. The third kappa shape index (κ3) is 2.06. The number of nitrogens with zero attached hydrogens (tertiary/aromatic N) is 3. The Kier molecular flexibility index (Phi) is 3.53. The van der Waals surface area contributed by atoms with E-state index in [-0.39, 0.29) is 0 Å². The summed E-state index contributed by atoms with van der Waals surface area (Å²) in [5.74, 6) is 0. The van der Waals surface area contributed by atoms with Crippen LogP contribution in [0.2, 0.25) is 0 Å². The van der Waals surface area contributed by atoms with Gasteiger partial charge in [0.15, 0.2) is 0 Å². The lowest BCUT2D eigenvalue weighted by atomic mass is 10.1. The van der Waals surface area contributed by atoms with E-state index in [4.69, 9.17) is 0 Å². The van der Waals surface area contributed by atoms with Crippen LogP contribution >= 0.6 is 15.9 Å². The number of hydrogen-bond donors (Lipinski definition) is 0. The van der Waals surface area contributed by atoms with Gasteiger partial charge in [0, 0.05) is 10.2 Å². The van der Waals surface area contributed by atoms with E-state index in [2.05, 4.69) is 34.0 Å². The lowest BCUT2D eigenvalue weighted by molar-refractivity contribution is 0.829. The van der Waals surface area contributed by atoms with Crippen molar-refractivity contribution in [3.05, 3.63) is 45.2 Å². The normalized spacial score (nSPS) is 10.4. The van der Waals surface area contributed by atoms with Crippen molar-refractivity contribution in [3.63, 3.8) is 0 Å². The van der Waals surface area contributed by atoms with Crippen molar-refractivity contribution in [3.8, 4) is 11.8 Å². The minimum Gasteiger partial charge on any atom is -0.236 e. The fraction of sp³-hybridized carbons (Fsp3) is 0.286. The van der Waals surface area contributed by atoms with Crippen molar-refractivity contribution in [1.29, 1.82) is 5.26 Å². The molecule has 0 atom stereocenters. The third-order valence-electron chi connectivity index (χ3n) is 3.10. The second kappa shape index (κ2) is 4.95. The lowest BCUT2D eigenvalue weighted by Crippen LogP contribution is -2.02. The van der Waals surface area contributed by atoms with Gasteiger partial charge in [-0.3, -0.25) is 0 Å². The highest BCUT2D eigenvalue weighted by Crippen LogP contribution is 2.23. The molecule has 0 N–H and O–H groups in total. The van der Waals surface area contributed by atoms with Crippen LogP contribution in [-0.2, 0) is 6.42 Å². The Bertz CT molecular complexity index is 635. The molecule has 0 amide bonds. The zero-order chi connectivity index (χ0) is 13.3. The van der Waals surface area contributed by atoms with Gasteiger partial charge in [0.25, 0.3) is 0 Å². The fourth-order valence-corrected chi connectivity index (χ4v) is 2.54. The lowest BCUT2D eigenvalue weighted by Gasteiger charge is -2.07. The van der Waals surface area contributed by atoms with Crippen molar-refractivity contribution in [1.82, 2.24) is 9.78 Å². The van der Waals surface area contributed by atoms with E-state index in [1.165, 1.54) is 5.56 Å². The van der Waals surface area contributed by atoms with E-state index >= 15 is 0 Å². The number of rotatable bonds is 2. The van der Waals surface area contributed by atoms with Crippen molar-refractivity contribution < 1.29 is 0 Å². The standard InChI is InChI=1S/C14H14BrN3/c1-4-13-9(2)17-18(10(13)3)14-7-12(15)6-5-11(14)8-16/h5-7H,4H2,1-3H3. The average Bonchev–Trinajstić information content (AvgIpc) is 2.64. The topological polar surface area (TPSA) is 41.6 Å². The zero-order valence-electron chi connectivity index (χ0n) is 10.7. The zero-order valence-corrected chi connectivity index (χ0v) is 12.2. The van der Waals surface area contributed by atoms with Crippen LogP contribution in [0.3, 0.4) is 0 Å². The summed E-state index contributed by atoms with van der Waals surface area (Å²) in [6.45, 7) is 6.17. The fourth-order valence-electron chi connectivity index (χ4n) is 2.20. The van der Waals surface area contributed by atoms with Crippen LogP contribution in [0.1, 0.15) is 29.4 Å². The number of aromatic nitrogens is 2. The smallest absolute Gasteiger partial charge is 0.101 e. The second-order valence-electron chi connectivity index (χ2n) is 4.19. The van der Waals surface area contributed by atoms with Crippen LogP contribution in [0, 0.1) is 25.2 Å². The first-order valence-electron chi connectivity index (χ1n) is 5.83. The van der Waals surface area contributed by atoms with Gasteiger partial charge in [0.1, 0.15) is 6.07 Å². The monoisotopic (exact) mass is 303 g/mol. The molecule has 1 aromatic carbocycles. The number of halogens is 1. The van der Waals surface area contributed by atoms with E-state index in [0.29, 0.717) is 5.56 Å². The molecule has 2 aromatic rings. The highest BCUT2D eigenvalue weighted by atomic mass is 79.9. The molecule has 0 bridgehead atoms. The van der Waals surface area contributed by atoms with Crippen LogP contribution in [0.4, 0.5) is 0 Å². The number of nitriles is 1. The van der Waals surface area contributed by atoms with Crippen molar-refractivity contribution in [2.75, 3.05) is 0 Å². The van der Waals surface area contributed by atoms with Crippen LogP contribution in [0.5, 0.6) is 0 Å². The van der Waals surface area contributed by atoms with E-state index in [9.17, 15) is 5.26 Å². The molecule has 0 saturated carbocycles. The molecule has 18 heavy (non-hydrogen) atoms. The molecule has 0 aliphatic carbocycles. The molecule has 92 valence electrons. The molecule has 2 rings (SSSR count). The van der Waals surface area contributed by atoms with Crippen molar-refractivity contribution >= 4 is 15.9 Å². The van der Waals surface area contributed by atoms with Crippen LogP contribution in [0.15, 0.2) is 22.7 Å². The summed E-state index contributed by atoms with van der Waals surface area (Å²) in [7, 11) is 0. The van der Waals surface area contributed by atoms with Gasteiger partial charge in [-0.25, -0.2) is 4.68 Å². The first-order chi connectivity index (χ1) is 8.58. The summed E-state index contributed by atoms with van der Waals surface area (Å²) < 4.78 is 2.81. The van der Waals surface area contributed by atoms with Gasteiger partial charge in [0.2, 0.25) is 0 Å². The van der Waals surface area contributed by atoms with Crippen LogP contribution in [0.25, 0.3) is 5.69 Å². The maximum Gasteiger partial charge on any atom is 0.101 e. The molecule has 4 heteroatoms. The third-order valence-corrected chi connectivity index (χ3v) is 3.60. The Morgan fingerprint density at radius 2 is 2.11 bits per heavy atom. The first-order valence-corrected chi connectivity index (χ1v) is 6.63. The first kappa shape index (κ1) is 12.8. The van der Waals surface area contributed by atoms with E-state index in [1.54, 1.807) is 0 Å². The van der Waals surface area contributed by atoms with Gasteiger partial charge in [-0.1, -0.05) is 22.9 Å². The van der Waals surface area contributed by atoms with Gasteiger partial charge >= 0.3 is 0 Å². The van der Waals surface area contributed by atoms with Crippen molar-refractivity contribution in [2.24, 2.45) is 0 Å². The van der Waals surface area contributed by atoms with E-state index in [1.807, 2.05) is 36.7 Å². The Hall–Kier alpha value is -1.60. The molecule has 0 radical (unpaired) electrons. The Balaban J connectivity index is 2.70. The number of aryl methyl sites for hydroxylation is 1. The molecule has 1 heterocycles. The Morgan fingerprint density at radius 3 is 2.67 bits per heavy atom. The van der Waals surface area contributed by atoms with Crippen LogP contribution in [-0.4, -0.2) is 9.78 Å². The molecule has 0 saturated heterocycles. The SMILES string of the molecule is CCc1c(C)nn(-c2cc(Br)ccc2C#N)c1C. The maximum absolute atomic E-state index is 9.19. The molecule has 0 spiro atoms. The number of hydrogen-bond acceptors (Lipinski definition) is 2. The predicted octanol–water partition coefficient (Wildman–Crippen LogP) is 3.69. The largest absolute Gasteiger partial charge is 0.236 e. The van der Waals surface area contributed by atoms with Gasteiger partial charge in [0.05, 0.1) is 16.9 Å². The minimum atomic E-state index is 0.631. The summed E-state index contributed by atoms with van der Waals surface area (Å²) in [6.07, 6.45) is 0.952. The van der Waals surface area contributed by atoms with E-state index in [0.717, 1.165) is 28.0 Å². The van der Waals surface area contributed by atoms with Gasteiger partial charge in [-0.2, -0.15) is 10.4 Å². The number of benzene rings is 1. The highest BCUT2D eigenvalue weighted by Gasteiger charge is 2.14. The molecule has 0 unspecified atom stereocenters. The highest BCUT2D eigenvalue weighted by molar-refractivity contribution is 9.10. The van der Waals surface area contributed by atoms with Crippen molar-refractivity contribution in [2.45, 2.75) is 27.2 Å². The maximum atomic E-state index is 9.19. The second-order valence-corrected chi connectivity index (χ2v) is 5.10. The summed E-state index contributed by atoms with van der Waals surface area (Å²) in [6, 6.07) is 7.82. The molecule has 1 aromatic heterocycles. The van der Waals surface area contributed by atoms with Crippen LogP contribution < -0.4 is 0 Å². The quantitative estimate of drug-likeness (QED) is 0.849. The molecular weight excluding hydrogens is 290 g/mol. The summed E-state index contributed by atoms with van der Waals surface area (Å²) >= 11 is 3.44. The van der Waals surface area contributed by atoms with E-state index < -0.39 is 0 Å². The summed E-state index contributed by atoms with van der Waals surface area (Å²) in [5.41, 5.74) is 4.83. The molecule has 0 fully saturated rings. The molecular formula is C14H14BrN3. The molecule has 0 aliphatic rings. The van der Waals surface area contributed by atoms with Gasteiger partial charge < -0.3 is 0 Å². The molecule has 3 nitrogen and oxygen atoms in total. The van der Waals surface area contributed by atoms with Gasteiger partial charge in [-0.05, 0) is 44.0 Å². The Morgan fingerprint density at radius 1 is 1.39 bits per heavy atom.